The molecule has 1 aromatic carbocycles. The van der Waals surface area contributed by atoms with E-state index < -0.39 is 11.7 Å². The van der Waals surface area contributed by atoms with E-state index in [0.717, 1.165) is 17.7 Å². The number of hydrogen-bond acceptors (Lipinski definition) is 4. The maximum atomic E-state index is 11.6. The Morgan fingerprint density at radius 2 is 1.88 bits per heavy atom. The van der Waals surface area contributed by atoms with Gasteiger partial charge in [-0.3, -0.25) is 4.99 Å². The van der Waals surface area contributed by atoms with Crippen molar-refractivity contribution < 1.29 is 14.3 Å². The van der Waals surface area contributed by atoms with Crippen molar-refractivity contribution >= 4 is 12.1 Å². The Balaban J connectivity index is 2.32. The number of nitrogens with one attached hydrogen (secondary N) is 3. The molecule has 0 radical (unpaired) electrons. The molecule has 0 aliphatic heterocycles. The Bertz CT molecular complexity index is 582. The minimum atomic E-state index is -0.496. The lowest BCUT2D eigenvalue weighted by molar-refractivity contribution is 0.0529. The summed E-state index contributed by atoms with van der Waals surface area (Å²) in [6.07, 6.45) is 0.558. The summed E-state index contributed by atoms with van der Waals surface area (Å²) in [4.78, 5) is 15.7. The monoisotopic (exact) mass is 364 g/mol. The van der Waals surface area contributed by atoms with Crippen molar-refractivity contribution in [3.05, 3.63) is 29.8 Å². The van der Waals surface area contributed by atoms with Gasteiger partial charge in [-0.05, 0) is 44.9 Å². The van der Waals surface area contributed by atoms with Crippen LogP contribution in [0.4, 0.5) is 4.79 Å². The maximum absolute atomic E-state index is 11.6. The van der Waals surface area contributed by atoms with Crippen molar-refractivity contribution in [1.29, 1.82) is 0 Å². The lowest BCUT2D eigenvalue weighted by atomic mass is 10.2. The molecule has 0 saturated heterocycles. The summed E-state index contributed by atoms with van der Waals surface area (Å²) < 4.78 is 10.8. The third-order valence-electron chi connectivity index (χ3n) is 3.14. The van der Waals surface area contributed by atoms with Crippen LogP contribution in [0.15, 0.2) is 29.3 Å². The fourth-order valence-corrected chi connectivity index (χ4v) is 2.03. The normalized spacial score (nSPS) is 11.7. The van der Waals surface area contributed by atoms with Crippen molar-refractivity contribution in [2.45, 2.75) is 46.3 Å². The predicted molar refractivity (Wildman–Crippen MR) is 105 cm³/mol. The molecule has 0 atom stereocenters. The number of amides is 1. The summed E-state index contributed by atoms with van der Waals surface area (Å²) >= 11 is 0. The van der Waals surface area contributed by atoms with Crippen LogP contribution < -0.4 is 20.7 Å². The zero-order valence-electron chi connectivity index (χ0n) is 16.5. The molecule has 0 heterocycles. The van der Waals surface area contributed by atoms with E-state index in [1.54, 1.807) is 7.05 Å². The number of alkyl carbamates (subject to hydrolysis) is 1. The number of carbonyl (C=O) groups is 1. The zero-order valence-corrected chi connectivity index (χ0v) is 16.5. The SMILES string of the molecule is CCCOc1cccc(CNC(=NC)NCCNC(=O)OC(C)(C)C)c1. The summed E-state index contributed by atoms with van der Waals surface area (Å²) in [5.74, 6) is 1.53. The van der Waals surface area contributed by atoms with E-state index >= 15 is 0 Å². The number of guanidine groups is 1. The van der Waals surface area contributed by atoms with Gasteiger partial charge in [0, 0.05) is 26.7 Å². The molecule has 26 heavy (non-hydrogen) atoms. The molecule has 0 unspecified atom stereocenters. The molecule has 0 aliphatic carbocycles. The Hall–Kier alpha value is -2.44. The van der Waals surface area contributed by atoms with Crippen LogP contribution in [0.2, 0.25) is 0 Å². The van der Waals surface area contributed by atoms with Gasteiger partial charge in [0.2, 0.25) is 0 Å². The van der Waals surface area contributed by atoms with Crippen LogP contribution >= 0.6 is 0 Å². The van der Waals surface area contributed by atoms with Gasteiger partial charge < -0.3 is 25.4 Å². The van der Waals surface area contributed by atoms with Crippen LogP contribution in [0, 0.1) is 0 Å². The first kappa shape index (κ1) is 21.6. The van der Waals surface area contributed by atoms with Gasteiger partial charge in [-0.2, -0.15) is 0 Å². The molecule has 1 amide bonds. The van der Waals surface area contributed by atoms with E-state index in [1.165, 1.54) is 0 Å². The molecule has 0 saturated carbocycles. The molecule has 1 rings (SSSR count). The van der Waals surface area contributed by atoms with E-state index in [9.17, 15) is 4.79 Å². The smallest absolute Gasteiger partial charge is 0.407 e. The first-order chi connectivity index (χ1) is 12.3. The van der Waals surface area contributed by atoms with Crippen LogP contribution in [0.25, 0.3) is 0 Å². The Morgan fingerprint density at radius 1 is 1.15 bits per heavy atom. The summed E-state index contributed by atoms with van der Waals surface area (Å²) in [5, 5.41) is 9.08. The number of nitrogens with zero attached hydrogens (tertiary/aromatic N) is 1. The predicted octanol–water partition coefficient (Wildman–Crippen LogP) is 2.67. The van der Waals surface area contributed by atoms with Crippen LogP contribution in [0.1, 0.15) is 39.7 Å². The molecule has 7 heteroatoms. The second-order valence-corrected chi connectivity index (χ2v) is 6.78. The van der Waals surface area contributed by atoms with E-state index in [2.05, 4.69) is 27.9 Å². The highest BCUT2D eigenvalue weighted by molar-refractivity contribution is 5.79. The standard InChI is InChI=1S/C19H32N4O3/c1-6-12-25-16-9-7-8-15(13-16)14-23-17(20-5)21-10-11-22-18(24)26-19(2,3)4/h7-9,13H,6,10-12,14H2,1-5H3,(H,22,24)(H2,20,21,23). The number of carbonyl (C=O) groups excluding carboxylic acids is 1. The van der Waals surface area contributed by atoms with Crippen molar-refractivity contribution in [3.8, 4) is 5.75 Å². The van der Waals surface area contributed by atoms with Gasteiger partial charge in [0.05, 0.1) is 6.61 Å². The summed E-state index contributed by atoms with van der Waals surface area (Å²) in [6, 6.07) is 7.97. The lowest BCUT2D eigenvalue weighted by Gasteiger charge is -2.20. The second-order valence-electron chi connectivity index (χ2n) is 6.78. The molecule has 146 valence electrons. The van der Waals surface area contributed by atoms with Crippen LogP contribution in [0.5, 0.6) is 5.75 Å². The van der Waals surface area contributed by atoms with Crippen molar-refractivity contribution in [1.82, 2.24) is 16.0 Å². The molecule has 0 fully saturated rings. The first-order valence-electron chi connectivity index (χ1n) is 8.97. The fourth-order valence-electron chi connectivity index (χ4n) is 2.03. The molecular weight excluding hydrogens is 332 g/mol. The Morgan fingerprint density at radius 3 is 2.54 bits per heavy atom. The minimum absolute atomic E-state index is 0.425. The van der Waals surface area contributed by atoms with Crippen LogP contribution in [-0.4, -0.2) is 44.4 Å². The van der Waals surface area contributed by atoms with Crippen molar-refractivity contribution in [2.75, 3.05) is 26.7 Å². The fraction of sp³-hybridized carbons (Fsp3) is 0.579. The van der Waals surface area contributed by atoms with E-state index in [1.807, 2.05) is 45.0 Å². The van der Waals surface area contributed by atoms with Gasteiger partial charge in [0.1, 0.15) is 11.4 Å². The molecule has 7 nitrogen and oxygen atoms in total. The molecular formula is C19H32N4O3. The van der Waals surface area contributed by atoms with Crippen molar-refractivity contribution in [3.63, 3.8) is 0 Å². The second kappa shape index (κ2) is 11.2. The number of ether oxygens (including phenoxy) is 2. The molecule has 0 aromatic heterocycles. The van der Waals surface area contributed by atoms with Gasteiger partial charge >= 0.3 is 6.09 Å². The molecule has 3 N–H and O–H groups in total. The summed E-state index contributed by atoms with van der Waals surface area (Å²) in [6.45, 7) is 9.90. The topological polar surface area (TPSA) is 84.0 Å². The van der Waals surface area contributed by atoms with Crippen LogP contribution in [-0.2, 0) is 11.3 Å². The molecule has 0 aliphatic rings. The highest BCUT2D eigenvalue weighted by Crippen LogP contribution is 2.13. The molecule has 0 bridgehead atoms. The quantitative estimate of drug-likeness (QED) is 0.375. The van der Waals surface area contributed by atoms with Crippen molar-refractivity contribution in [2.24, 2.45) is 4.99 Å². The summed E-state index contributed by atoms with van der Waals surface area (Å²) in [5.41, 5.74) is 0.609. The number of rotatable bonds is 8. The number of aliphatic imine (C=N–C) groups is 1. The maximum Gasteiger partial charge on any atom is 0.407 e. The lowest BCUT2D eigenvalue weighted by Crippen LogP contribution is -2.42. The van der Waals surface area contributed by atoms with E-state index in [-0.39, 0.29) is 0 Å². The number of hydrogen-bond donors (Lipinski definition) is 3. The Kier molecular flexibility index (Phi) is 9.33. The van der Waals surface area contributed by atoms with Gasteiger partial charge in [0.15, 0.2) is 5.96 Å². The number of benzene rings is 1. The largest absolute Gasteiger partial charge is 0.494 e. The van der Waals surface area contributed by atoms with E-state index in [0.29, 0.717) is 32.2 Å². The van der Waals surface area contributed by atoms with Gasteiger partial charge in [0.25, 0.3) is 0 Å². The Labute approximate surface area is 156 Å². The highest BCUT2D eigenvalue weighted by atomic mass is 16.6. The third kappa shape index (κ3) is 9.76. The van der Waals surface area contributed by atoms with Gasteiger partial charge in [-0.15, -0.1) is 0 Å². The average molecular weight is 364 g/mol. The average Bonchev–Trinajstić information content (AvgIpc) is 2.58. The zero-order chi connectivity index (χ0) is 19.4. The third-order valence-corrected chi connectivity index (χ3v) is 3.14. The molecule has 1 aromatic rings. The summed E-state index contributed by atoms with van der Waals surface area (Å²) in [7, 11) is 1.71. The first-order valence-corrected chi connectivity index (χ1v) is 8.97. The van der Waals surface area contributed by atoms with Gasteiger partial charge in [-0.25, -0.2) is 4.79 Å². The minimum Gasteiger partial charge on any atom is -0.494 e. The van der Waals surface area contributed by atoms with E-state index in [4.69, 9.17) is 9.47 Å². The highest BCUT2D eigenvalue weighted by Gasteiger charge is 2.15. The molecule has 0 spiro atoms. The van der Waals surface area contributed by atoms with Crippen LogP contribution in [0.3, 0.4) is 0 Å². The van der Waals surface area contributed by atoms with Gasteiger partial charge in [-0.1, -0.05) is 19.1 Å².